The number of anilines is 1. The van der Waals surface area contributed by atoms with Gasteiger partial charge in [-0.05, 0) is 63.1 Å². The third-order valence-electron chi connectivity index (χ3n) is 4.46. The molecule has 0 fully saturated rings. The highest BCUT2D eigenvalue weighted by Crippen LogP contribution is 2.28. The molecule has 1 heterocycles. The van der Waals surface area contributed by atoms with Crippen LogP contribution in [0.5, 0.6) is 23.3 Å². The first kappa shape index (κ1) is 22.1. The predicted molar refractivity (Wildman–Crippen MR) is 119 cm³/mol. The van der Waals surface area contributed by atoms with Crippen molar-refractivity contribution in [3.05, 3.63) is 65.5 Å². The van der Waals surface area contributed by atoms with Gasteiger partial charge in [-0.15, -0.1) is 0 Å². The standard InChI is InChI=1S/C24H27N3O4/c1-5-30-21-11-9-18(14-22(21)29-4)10-12-23(28)27-19-7-6-8-20(15-19)31-24-25-16(2)13-17(3)26-24/h6-9,11,13-15H,5,10,12H2,1-4H3,(H,27,28). The van der Waals surface area contributed by atoms with E-state index in [1.807, 2.05) is 57.2 Å². The highest BCUT2D eigenvalue weighted by molar-refractivity contribution is 5.91. The van der Waals surface area contributed by atoms with E-state index < -0.39 is 0 Å². The Morgan fingerprint density at radius 1 is 1.00 bits per heavy atom. The molecule has 1 amide bonds. The van der Waals surface area contributed by atoms with Crippen LogP contribution in [0.4, 0.5) is 5.69 Å². The van der Waals surface area contributed by atoms with Crippen LogP contribution in [0.15, 0.2) is 48.5 Å². The van der Waals surface area contributed by atoms with E-state index in [1.165, 1.54) is 0 Å². The number of hydrogen-bond acceptors (Lipinski definition) is 6. The summed E-state index contributed by atoms with van der Waals surface area (Å²) in [6, 6.07) is 15.0. The van der Waals surface area contributed by atoms with Crippen LogP contribution in [0.2, 0.25) is 0 Å². The van der Waals surface area contributed by atoms with Crippen molar-refractivity contribution in [2.45, 2.75) is 33.6 Å². The lowest BCUT2D eigenvalue weighted by Gasteiger charge is -2.11. The Hall–Kier alpha value is -3.61. The lowest BCUT2D eigenvalue weighted by atomic mass is 10.1. The van der Waals surface area contributed by atoms with Gasteiger partial charge in [-0.1, -0.05) is 12.1 Å². The van der Waals surface area contributed by atoms with Gasteiger partial charge in [0, 0.05) is 29.6 Å². The fraction of sp³-hybridized carbons (Fsp3) is 0.292. The molecule has 0 unspecified atom stereocenters. The molecule has 0 aliphatic heterocycles. The molecular formula is C24H27N3O4. The minimum absolute atomic E-state index is 0.0901. The molecule has 0 spiro atoms. The molecule has 1 aromatic heterocycles. The smallest absolute Gasteiger partial charge is 0.322 e. The van der Waals surface area contributed by atoms with E-state index in [9.17, 15) is 4.79 Å². The molecule has 0 radical (unpaired) electrons. The Labute approximate surface area is 182 Å². The molecule has 1 N–H and O–H groups in total. The first-order chi connectivity index (χ1) is 15.0. The van der Waals surface area contributed by atoms with Crippen LogP contribution in [0.1, 0.15) is 30.3 Å². The molecule has 2 aromatic carbocycles. The van der Waals surface area contributed by atoms with E-state index >= 15 is 0 Å². The third kappa shape index (κ3) is 6.44. The zero-order chi connectivity index (χ0) is 22.2. The SMILES string of the molecule is CCOc1ccc(CCC(=O)Nc2cccc(Oc3nc(C)cc(C)n3)c2)cc1OC. The molecule has 162 valence electrons. The van der Waals surface area contributed by atoms with Crippen LogP contribution >= 0.6 is 0 Å². The third-order valence-corrected chi connectivity index (χ3v) is 4.46. The second-order valence-corrected chi connectivity index (χ2v) is 7.03. The Morgan fingerprint density at radius 2 is 1.77 bits per heavy atom. The number of aromatic nitrogens is 2. The van der Waals surface area contributed by atoms with Crippen LogP contribution in [0, 0.1) is 13.8 Å². The molecule has 31 heavy (non-hydrogen) atoms. The van der Waals surface area contributed by atoms with Gasteiger partial charge in [0.15, 0.2) is 11.5 Å². The van der Waals surface area contributed by atoms with Crippen LogP contribution < -0.4 is 19.5 Å². The number of benzene rings is 2. The van der Waals surface area contributed by atoms with Gasteiger partial charge in [0.2, 0.25) is 5.91 Å². The summed E-state index contributed by atoms with van der Waals surface area (Å²) in [5.74, 6) is 1.83. The number of methoxy groups -OCH3 is 1. The van der Waals surface area contributed by atoms with Crippen LogP contribution in [0.3, 0.4) is 0 Å². The van der Waals surface area contributed by atoms with Gasteiger partial charge in [-0.25, -0.2) is 9.97 Å². The molecule has 0 atom stereocenters. The minimum atomic E-state index is -0.0901. The summed E-state index contributed by atoms with van der Waals surface area (Å²) in [6.07, 6.45) is 0.920. The van der Waals surface area contributed by atoms with Gasteiger partial charge < -0.3 is 19.5 Å². The lowest BCUT2D eigenvalue weighted by Crippen LogP contribution is -2.12. The number of amides is 1. The van der Waals surface area contributed by atoms with Crippen LogP contribution in [0.25, 0.3) is 0 Å². The number of carbonyl (C=O) groups excluding carboxylic acids is 1. The Morgan fingerprint density at radius 3 is 2.48 bits per heavy atom. The van der Waals surface area contributed by atoms with Crippen molar-refractivity contribution in [3.8, 4) is 23.3 Å². The van der Waals surface area contributed by atoms with Gasteiger partial charge >= 0.3 is 6.01 Å². The van der Waals surface area contributed by atoms with Crippen molar-refractivity contribution in [2.24, 2.45) is 0 Å². The van der Waals surface area contributed by atoms with E-state index in [1.54, 1.807) is 19.2 Å². The van der Waals surface area contributed by atoms with Crippen molar-refractivity contribution < 1.29 is 19.0 Å². The number of nitrogens with zero attached hydrogens (tertiary/aromatic N) is 2. The number of ether oxygens (including phenoxy) is 3. The second kappa shape index (κ2) is 10.4. The normalized spacial score (nSPS) is 10.5. The fourth-order valence-corrected chi connectivity index (χ4v) is 3.11. The average molecular weight is 421 g/mol. The van der Waals surface area contributed by atoms with Crippen LogP contribution in [-0.4, -0.2) is 29.6 Å². The molecule has 0 saturated carbocycles. The van der Waals surface area contributed by atoms with Crippen molar-refractivity contribution in [2.75, 3.05) is 19.0 Å². The lowest BCUT2D eigenvalue weighted by molar-refractivity contribution is -0.116. The van der Waals surface area contributed by atoms with Gasteiger partial charge in [-0.2, -0.15) is 0 Å². The van der Waals surface area contributed by atoms with E-state index in [0.29, 0.717) is 42.4 Å². The zero-order valence-electron chi connectivity index (χ0n) is 18.3. The monoisotopic (exact) mass is 421 g/mol. The molecule has 7 nitrogen and oxygen atoms in total. The van der Waals surface area contributed by atoms with E-state index in [0.717, 1.165) is 17.0 Å². The van der Waals surface area contributed by atoms with Crippen LogP contribution in [-0.2, 0) is 11.2 Å². The van der Waals surface area contributed by atoms with Gasteiger partial charge in [0.1, 0.15) is 5.75 Å². The van der Waals surface area contributed by atoms with Gasteiger partial charge in [0.25, 0.3) is 0 Å². The maximum absolute atomic E-state index is 12.4. The maximum Gasteiger partial charge on any atom is 0.322 e. The largest absolute Gasteiger partial charge is 0.493 e. The highest BCUT2D eigenvalue weighted by Gasteiger charge is 2.09. The summed E-state index contributed by atoms with van der Waals surface area (Å²) in [4.78, 5) is 21.0. The summed E-state index contributed by atoms with van der Waals surface area (Å²) in [6.45, 7) is 6.26. The molecule has 0 bridgehead atoms. The topological polar surface area (TPSA) is 82.6 Å². The molecular weight excluding hydrogens is 394 g/mol. The average Bonchev–Trinajstić information content (AvgIpc) is 2.72. The van der Waals surface area contributed by atoms with E-state index in [-0.39, 0.29) is 11.9 Å². The van der Waals surface area contributed by atoms with Crippen molar-refractivity contribution in [3.63, 3.8) is 0 Å². The summed E-state index contributed by atoms with van der Waals surface area (Å²) in [5.41, 5.74) is 3.31. The number of rotatable bonds is 9. The summed E-state index contributed by atoms with van der Waals surface area (Å²) >= 11 is 0. The summed E-state index contributed by atoms with van der Waals surface area (Å²) < 4.78 is 16.6. The Kier molecular flexibility index (Phi) is 7.43. The molecule has 0 aliphatic rings. The van der Waals surface area contributed by atoms with Crippen molar-refractivity contribution >= 4 is 11.6 Å². The number of hydrogen-bond donors (Lipinski definition) is 1. The van der Waals surface area contributed by atoms with E-state index in [4.69, 9.17) is 14.2 Å². The summed E-state index contributed by atoms with van der Waals surface area (Å²) in [7, 11) is 1.60. The van der Waals surface area contributed by atoms with Crippen molar-refractivity contribution in [1.29, 1.82) is 0 Å². The minimum Gasteiger partial charge on any atom is -0.493 e. The first-order valence-corrected chi connectivity index (χ1v) is 10.2. The summed E-state index contributed by atoms with van der Waals surface area (Å²) in [5, 5.41) is 2.91. The molecule has 3 rings (SSSR count). The van der Waals surface area contributed by atoms with Gasteiger partial charge in [-0.3, -0.25) is 4.79 Å². The Bertz CT molecular complexity index is 1030. The van der Waals surface area contributed by atoms with Gasteiger partial charge in [0.05, 0.1) is 13.7 Å². The molecule has 0 aliphatic carbocycles. The molecule has 0 saturated heterocycles. The number of aryl methyl sites for hydroxylation is 3. The molecule has 7 heteroatoms. The maximum atomic E-state index is 12.4. The first-order valence-electron chi connectivity index (χ1n) is 10.2. The predicted octanol–water partition coefficient (Wildman–Crippen LogP) is 4.86. The second-order valence-electron chi connectivity index (χ2n) is 7.03. The quantitative estimate of drug-likeness (QED) is 0.531. The number of nitrogens with one attached hydrogen (secondary N) is 1. The van der Waals surface area contributed by atoms with Crippen molar-refractivity contribution in [1.82, 2.24) is 9.97 Å². The molecule has 3 aromatic rings. The Balaban J connectivity index is 1.59. The zero-order valence-corrected chi connectivity index (χ0v) is 18.3. The highest BCUT2D eigenvalue weighted by atomic mass is 16.5. The fourth-order valence-electron chi connectivity index (χ4n) is 3.11. The van der Waals surface area contributed by atoms with E-state index in [2.05, 4.69) is 15.3 Å². The number of carbonyl (C=O) groups is 1.